The van der Waals surface area contributed by atoms with E-state index < -0.39 is 47.8 Å². The number of aliphatic hydroxyl groups excluding tert-OH is 2. The number of benzene rings is 2. The Balaban J connectivity index is 1.56. The summed E-state index contributed by atoms with van der Waals surface area (Å²) in [6.07, 6.45) is 2.62. The van der Waals surface area contributed by atoms with Crippen LogP contribution in [0.15, 0.2) is 60.7 Å². The molecular weight excluding hydrogens is 464 g/mol. The van der Waals surface area contributed by atoms with E-state index in [1.807, 2.05) is 0 Å². The fraction of sp³-hybridized carbons (Fsp3) is 0.385. The van der Waals surface area contributed by atoms with Crippen molar-refractivity contribution >= 4 is 23.6 Å². The largest absolute Gasteiger partial charge is 0.394 e. The second-order valence-electron chi connectivity index (χ2n) is 8.68. The molecule has 4 atom stereocenters. The van der Waals surface area contributed by atoms with Gasteiger partial charge in [-0.3, -0.25) is 19.2 Å². The Morgan fingerprint density at radius 3 is 1.33 bits per heavy atom. The van der Waals surface area contributed by atoms with Crippen molar-refractivity contribution in [2.75, 3.05) is 13.2 Å². The summed E-state index contributed by atoms with van der Waals surface area (Å²) in [5.41, 5.74) is 1.32. The summed E-state index contributed by atoms with van der Waals surface area (Å²) >= 11 is 0. The molecule has 0 heterocycles. The summed E-state index contributed by atoms with van der Waals surface area (Å²) in [6.45, 7) is -0.754. The Morgan fingerprint density at radius 1 is 0.639 bits per heavy atom. The van der Waals surface area contributed by atoms with Gasteiger partial charge < -0.3 is 31.5 Å². The normalized spacial score (nSPS) is 18.8. The molecule has 0 unspecified atom stereocenters. The minimum absolute atomic E-state index is 0.377. The van der Waals surface area contributed by atoms with Crippen molar-refractivity contribution in [3.05, 3.63) is 71.8 Å². The van der Waals surface area contributed by atoms with E-state index in [0.717, 1.165) is 12.8 Å². The lowest BCUT2D eigenvalue weighted by Crippen LogP contribution is -2.57. The van der Waals surface area contributed by atoms with Gasteiger partial charge in [0.05, 0.1) is 25.3 Å². The topological polar surface area (TPSA) is 157 Å². The molecule has 1 saturated carbocycles. The number of hydrogen-bond acceptors (Lipinski definition) is 6. The Labute approximate surface area is 209 Å². The highest BCUT2D eigenvalue weighted by Gasteiger charge is 2.32. The van der Waals surface area contributed by atoms with Crippen molar-refractivity contribution in [1.29, 1.82) is 0 Å². The van der Waals surface area contributed by atoms with Crippen molar-refractivity contribution in [2.45, 2.75) is 49.9 Å². The van der Waals surface area contributed by atoms with E-state index in [-0.39, 0.29) is 13.2 Å². The summed E-state index contributed by atoms with van der Waals surface area (Å²) in [4.78, 5) is 50.1. The fourth-order valence-electron chi connectivity index (χ4n) is 4.23. The van der Waals surface area contributed by atoms with Crippen LogP contribution in [0.1, 0.15) is 48.9 Å². The highest BCUT2D eigenvalue weighted by atomic mass is 16.3. The number of amides is 4. The van der Waals surface area contributed by atoms with Gasteiger partial charge in [-0.05, 0) is 24.0 Å². The van der Waals surface area contributed by atoms with Crippen LogP contribution in [0.2, 0.25) is 0 Å². The second-order valence-corrected chi connectivity index (χ2v) is 8.68. The lowest BCUT2D eigenvalue weighted by molar-refractivity contribution is -0.141. The quantitative estimate of drug-likeness (QED) is 0.287. The van der Waals surface area contributed by atoms with Crippen LogP contribution < -0.4 is 21.3 Å². The molecule has 0 aromatic heterocycles. The van der Waals surface area contributed by atoms with E-state index in [2.05, 4.69) is 21.3 Å². The molecule has 10 nitrogen and oxygen atoms in total. The van der Waals surface area contributed by atoms with Gasteiger partial charge in [0.2, 0.25) is 0 Å². The molecule has 36 heavy (non-hydrogen) atoms. The van der Waals surface area contributed by atoms with E-state index in [9.17, 15) is 29.4 Å². The molecule has 1 aliphatic rings. The van der Waals surface area contributed by atoms with Crippen LogP contribution in [0.3, 0.4) is 0 Å². The molecule has 192 valence electrons. The van der Waals surface area contributed by atoms with Crippen LogP contribution in [0.4, 0.5) is 0 Å². The molecule has 0 bridgehead atoms. The molecule has 0 spiro atoms. The predicted octanol–water partition coefficient (Wildman–Crippen LogP) is 0.230. The first-order valence-corrected chi connectivity index (χ1v) is 12.0. The van der Waals surface area contributed by atoms with Crippen molar-refractivity contribution < 1.29 is 29.4 Å². The lowest BCUT2D eigenvalue weighted by Gasteiger charge is -2.32. The van der Waals surface area contributed by atoms with Crippen LogP contribution >= 0.6 is 0 Å². The standard InChI is InChI=1S/C26H32N4O6/c31-15-21(17-9-3-1-4-10-17)29-25(35)23(33)27-19-13-7-8-14-20(19)28-24(34)26(36)30-22(16-32)18-11-5-2-6-12-18/h1-6,9-12,19-22,31-32H,7-8,13-16H2,(H,27,33)(H,28,34)(H,29,35)(H,30,36)/t19-,20-,21+,22+/m0/s1. The lowest BCUT2D eigenvalue weighted by atomic mass is 9.90. The molecule has 6 N–H and O–H groups in total. The first-order valence-electron chi connectivity index (χ1n) is 12.0. The monoisotopic (exact) mass is 496 g/mol. The number of carbonyl (C=O) groups is 4. The number of hydrogen-bond donors (Lipinski definition) is 6. The van der Waals surface area contributed by atoms with E-state index in [1.54, 1.807) is 60.7 Å². The highest BCUT2D eigenvalue weighted by molar-refractivity contribution is 6.36. The molecule has 0 radical (unpaired) electrons. The molecule has 1 aliphatic carbocycles. The fourth-order valence-corrected chi connectivity index (χ4v) is 4.23. The zero-order valence-electron chi connectivity index (χ0n) is 19.9. The van der Waals surface area contributed by atoms with E-state index in [0.29, 0.717) is 24.0 Å². The zero-order chi connectivity index (χ0) is 25.9. The van der Waals surface area contributed by atoms with Crippen LogP contribution in [0, 0.1) is 0 Å². The Kier molecular flexibility index (Phi) is 9.96. The SMILES string of the molecule is O=C(N[C@H]1CCCC[C@@H]1NC(=O)C(=O)N[C@H](CO)c1ccccc1)C(=O)N[C@H](CO)c1ccccc1. The number of nitrogens with one attached hydrogen (secondary N) is 4. The van der Waals surface area contributed by atoms with Crippen molar-refractivity contribution in [3.63, 3.8) is 0 Å². The van der Waals surface area contributed by atoms with Gasteiger partial charge in [0.1, 0.15) is 0 Å². The number of carbonyl (C=O) groups excluding carboxylic acids is 4. The van der Waals surface area contributed by atoms with Crippen LogP contribution in [0.5, 0.6) is 0 Å². The smallest absolute Gasteiger partial charge is 0.309 e. The molecule has 2 aromatic carbocycles. The maximum Gasteiger partial charge on any atom is 0.309 e. The third kappa shape index (κ3) is 7.37. The molecule has 0 aliphatic heterocycles. The highest BCUT2D eigenvalue weighted by Crippen LogP contribution is 2.19. The average Bonchev–Trinajstić information content (AvgIpc) is 2.92. The molecular formula is C26H32N4O6. The average molecular weight is 497 g/mol. The van der Waals surface area contributed by atoms with Crippen molar-refractivity contribution in [2.24, 2.45) is 0 Å². The molecule has 4 amide bonds. The summed E-state index contributed by atoms with van der Waals surface area (Å²) in [5, 5.41) is 29.6. The first-order chi connectivity index (χ1) is 17.4. The molecule has 2 aromatic rings. The van der Waals surface area contributed by atoms with Gasteiger partial charge in [0.15, 0.2) is 0 Å². The van der Waals surface area contributed by atoms with Gasteiger partial charge in [-0.15, -0.1) is 0 Å². The van der Waals surface area contributed by atoms with Crippen molar-refractivity contribution in [1.82, 2.24) is 21.3 Å². The van der Waals surface area contributed by atoms with Gasteiger partial charge in [0.25, 0.3) is 0 Å². The molecule has 1 fully saturated rings. The van der Waals surface area contributed by atoms with Gasteiger partial charge in [-0.2, -0.15) is 0 Å². The van der Waals surface area contributed by atoms with Gasteiger partial charge in [0, 0.05) is 12.1 Å². The van der Waals surface area contributed by atoms with Gasteiger partial charge in [-0.1, -0.05) is 73.5 Å². The van der Waals surface area contributed by atoms with Crippen LogP contribution in [-0.2, 0) is 19.2 Å². The summed E-state index contributed by atoms with van der Waals surface area (Å²) in [6, 6.07) is 15.0. The maximum atomic E-state index is 12.6. The zero-order valence-corrected chi connectivity index (χ0v) is 19.9. The van der Waals surface area contributed by atoms with Crippen LogP contribution in [-0.4, -0.2) is 59.1 Å². The maximum absolute atomic E-state index is 12.6. The summed E-state index contributed by atoms with van der Waals surface area (Å²) < 4.78 is 0. The summed E-state index contributed by atoms with van der Waals surface area (Å²) in [7, 11) is 0. The van der Waals surface area contributed by atoms with Gasteiger partial charge in [-0.25, -0.2) is 0 Å². The Bertz CT molecular complexity index is 950. The van der Waals surface area contributed by atoms with Crippen LogP contribution in [0.25, 0.3) is 0 Å². The first kappa shape index (κ1) is 26.8. The van der Waals surface area contributed by atoms with E-state index in [4.69, 9.17) is 0 Å². The Hall–Kier alpha value is -3.76. The predicted molar refractivity (Wildman–Crippen MR) is 131 cm³/mol. The van der Waals surface area contributed by atoms with E-state index in [1.165, 1.54) is 0 Å². The summed E-state index contributed by atoms with van der Waals surface area (Å²) in [5.74, 6) is -3.58. The minimum Gasteiger partial charge on any atom is -0.394 e. The third-order valence-electron chi connectivity index (χ3n) is 6.19. The Morgan fingerprint density at radius 2 is 1.00 bits per heavy atom. The molecule has 3 rings (SSSR count). The van der Waals surface area contributed by atoms with Crippen molar-refractivity contribution in [3.8, 4) is 0 Å². The van der Waals surface area contributed by atoms with Gasteiger partial charge >= 0.3 is 23.6 Å². The molecule has 10 heteroatoms. The second kappa shape index (κ2) is 13.4. The molecule has 0 saturated heterocycles. The number of aliphatic hydroxyl groups is 2. The third-order valence-corrected chi connectivity index (χ3v) is 6.19. The minimum atomic E-state index is -0.903. The number of rotatable bonds is 8. The van der Waals surface area contributed by atoms with E-state index >= 15 is 0 Å².